The van der Waals surface area contributed by atoms with E-state index in [9.17, 15) is 9.18 Å². The van der Waals surface area contributed by atoms with Crippen LogP contribution in [0.25, 0.3) is 0 Å². The van der Waals surface area contributed by atoms with Gasteiger partial charge in [-0.05, 0) is 18.6 Å². The molecule has 1 aromatic rings. The standard InChI is InChI=1S/C10H13FN2O/c1-2-8(12)10(14)13-9-6-4-3-5-7(9)11/h3-6,8H,2,12H2,1H3,(H,13,14)/t8-/m1/s1. The topological polar surface area (TPSA) is 55.1 Å². The van der Waals surface area contributed by atoms with Crippen molar-refractivity contribution in [2.45, 2.75) is 19.4 Å². The maximum atomic E-state index is 13.1. The molecule has 14 heavy (non-hydrogen) atoms. The van der Waals surface area contributed by atoms with E-state index in [-0.39, 0.29) is 11.6 Å². The molecule has 0 radical (unpaired) electrons. The maximum absolute atomic E-state index is 13.1. The maximum Gasteiger partial charge on any atom is 0.241 e. The van der Waals surface area contributed by atoms with E-state index in [0.717, 1.165) is 0 Å². The summed E-state index contributed by atoms with van der Waals surface area (Å²) in [6, 6.07) is 5.40. The van der Waals surface area contributed by atoms with Crippen LogP contribution in [-0.4, -0.2) is 11.9 Å². The van der Waals surface area contributed by atoms with Gasteiger partial charge in [-0.25, -0.2) is 4.39 Å². The van der Waals surface area contributed by atoms with Crippen molar-refractivity contribution in [3.63, 3.8) is 0 Å². The Morgan fingerprint density at radius 3 is 2.79 bits per heavy atom. The van der Waals surface area contributed by atoms with E-state index in [1.54, 1.807) is 19.1 Å². The molecule has 0 unspecified atom stereocenters. The summed E-state index contributed by atoms with van der Waals surface area (Å²) in [6.45, 7) is 1.80. The molecule has 1 rings (SSSR count). The largest absolute Gasteiger partial charge is 0.322 e. The Morgan fingerprint density at radius 1 is 1.57 bits per heavy atom. The van der Waals surface area contributed by atoms with Crippen molar-refractivity contribution < 1.29 is 9.18 Å². The Hall–Kier alpha value is -1.42. The first-order valence-electron chi connectivity index (χ1n) is 4.46. The van der Waals surface area contributed by atoms with Gasteiger partial charge in [0.1, 0.15) is 5.82 Å². The number of para-hydroxylation sites is 1. The van der Waals surface area contributed by atoms with E-state index in [1.807, 2.05) is 0 Å². The summed E-state index contributed by atoms with van der Waals surface area (Å²) >= 11 is 0. The zero-order chi connectivity index (χ0) is 10.6. The monoisotopic (exact) mass is 196 g/mol. The molecule has 1 atom stereocenters. The van der Waals surface area contributed by atoms with Gasteiger partial charge < -0.3 is 11.1 Å². The highest BCUT2D eigenvalue weighted by Crippen LogP contribution is 2.12. The van der Waals surface area contributed by atoms with Gasteiger partial charge in [-0.2, -0.15) is 0 Å². The van der Waals surface area contributed by atoms with Gasteiger partial charge in [-0.1, -0.05) is 19.1 Å². The predicted octanol–water partition coefficient (Wildman–Crippen LogP) is 1.50. The van der Waals surface area contributed by atoms with Crippen LogP contribution in [0.2, 0.25) is 0 Å². The van der Waals surface area contributed by atoms with Crippen molar-refractivity contribution in [3.8, 4) is 0 Å². The Balaban J connectivity index is 2.70. The van der Waals surface area contributed by atoms with Crippen molar-refractivity contribution in [3.05, 3.63) is 30.1 Å². The number of halogens is 1. The van der Waals surface area contributed by atoms with Gasteiger partial charge in [-0.3, -0.25) is 4.79 Å². The second-order valence-electron chi connectivity index (χ2n) is 2.98. The van der Waals surface area contributed by atoms with Crippen LogP contribution in [0.5, 0.6) is 0 Å². The molecule has 0 saturated heterocycles. The zero-order valence-corrected chi connectivity index (χ0v) is 7.96. The van der Waals surface area contributed by atoms with Gasteiger partial charge in [0.2, 0.25) is 5.91 Å². The number of hydrogen-bond donors (Lipinski definition) is 2. The van der Waals surface area contributed by atoms with Crippen molar-refractivity contribution in [1.82, 2.24) is 0 Å². The average molecular weight is 196 g/mol. The van der Waals surface area contributed by atoms with Crippen LogP contribution >= 0.6 is 0 Å². The number of rotatable bonds is 3. The minimum atomic E-state index is -0.588. The number of nitrogens with one attached hydrogen (secondary N) is 1. The van der Waals surface area contributed by atoms with Crippen molar-refractivity contribution in [2.75, 3.05) is 5.32 Å². The first-order chi connectivity index (χ1) is 6.65. The van der Waals surface area contributed by atoms with Gasteiger partial charge in [-0.15, -0.1) is 0 Å². The lowest BCUT2D eigenvalue weighted by Crippen LogP contribution is -2.35. The Morgan fingerprint density at radius 2 is 2.21 bits per heavy atom. The fourth-order valence-electron chi connectivity index (χ4n) is 0.973. The van der Waals surface area contributed by atoms with Crippen LogP contribution in [-0.2, 0) is 4.79 Å². The van der Waals surface area contributed by atoms with Crippen LogP contribution in [0.1, 0.15) is 13.3 Å². The van der Waals surface area contributed by atoms with E-state index in [0.29, 0.717) is 6.42 Å². The molecule has 0 fully saturated rings. The third-order valence-corrected chi connectivity index (χ3v) is 1.91. The first-order valence-corrected chi connectivity index (χ1v) is 4.46. The number of nitrogens with two attached hydrogens (primary N) is 1. The van der Waals surface area contributed by atoms with Gasteiger partial charge in [0, 0.05) is 0 Å². The van der Waals surface area contributed by atoms with E-state index in [4.69, 9.17) is 5.73 Å². The molecule has 3 nitrogen and oxygen atoms in total. The molecule has 4 heteroatoms. The molecule has 1 aromatic carbocycles. The molecule has 0 aliphatic heterocycles. The van der Waals surface area contributed by atoms with Crippen LogP contribution < -0.4 is 11.1 Å². The third-order valence-electron chi connectivity index (χ3n) is 1.91. The minimum Gasteiger partial charge on any atom is -0.322 e. The fraction of sp³-hybridized carbons (Fsp3) is 0.300. The van der Waals surface area contributed by atoms with Crippen LogP contribution in [0.3, 0.4) is 0 Å². The van der Waals surface area contributed by atoms with Gasteiger partial charge in [0.25, 0.3) is 0 Å². The third kappa shape index (κ3) is 2.53. The highest BCUT2D eigenvalue weighted by molar-refractivity contribution is 5.94. The lowest BCUT2D eigenvalue weighted by atomic mass is 10.2. The minimum absolute atomic E-state index is 0.168. The molecule has 0 spiro atoms. The SMILES string of the molecule is CC[C@@H](N)C(=O)Nc1ccccc1F. The van der Waals surface area contributed by atoms with Gasteiger partial charge in [0.15, 0.2) is 0 Å². The van der Waals surface area contributed by atoms with Crippen LogP contribution in [0.4, 0.5) is 10.1 Å². The number of amides is 1. The Bertz CT molecular complexity index is 328. The van der Waals surface area contributed by atoms with Crippen LogP contribution in [0.15, 0.2) is 24.3 Å². The van der Waals surface area contributed by atoms with Crippen molar-refractivity contribution in [1.29, 1.82) is 0 Å². The zero-order valence-electron chi connectivity index (χ0n) is 7.96. The number of benzene rings is 1. The summed E-state index contributed by atoms with van der Waals surface area (Å²) in [5.41, 5.74) is 5.65. The summed E-state index contributed by atoms with van der Waals surface area (Å²) in [4.78, 5) is 11.3. The van der Waals surface area contributed by atoms with E-state index < -0.39 is 11.9 Å². The molecule has 0 aromatic heterocycles. The Labute approximate surface area is 82.1 Å². The van der Waals surface area contributed by atoms with E-state index in [2.05, 4.69) is 5.32 Å². The highest BCUT2D eigenvalue weighted by atomic mass is 19.1. The molecule has 76 valence electrons. The predicted molar refractivity (Wildman–Crippen MR) is 53.3 cm³/mol. The van der Waals surface area contributed by atoms with E-state index >= 15 is 0 Å². The summed E-state index contributed by atoms with van der Waals surface area (Å²) in [7, 11) is 0. The second kappa shape index (κ2) is 4.72. The fourth-order valence-corrected chi connectivity index (χ4v) is 0.973. The lowest BCUT2D eigenvalue weighted by molar-refractivity contribution is -0.117. The van der Waals surface area contributed by atoms with Gasteiger partial charge >= 0.3 is 0 Å². The lowest BCUT2D eigenvalue weighted by Gasteiger charge is -2.10. The van der Waals surface area contributed by atoms with Gasteiger partial charge in [0.05, 0.1) is 11.7 Å². The first kappa shape index (κ1) is 10.7. The molecule has 0 aliphatic rings. The molecule has 0 aliphatic carbocycles. The Kier molecular flexibility index (Phi) is 3.59. The number of carbonyl (C=O) groups excluding carboxylic acids is 1. The molecular weight excluding hydrogens is 183 g/mol. The molecule has 1 amide bonds. The summed E-state index contributed by atoms with van der Waals surface area (Å²) < 4.78 is 13.1. The molecular formula is C10H13FN2O. The molecule has 0 heterocycles. The smallest absolute Gasteiger partial charge is 0.241 e. The summed E-state index contributed by atoms with van der Waals surface area (Å²) in [5, 5.41) is 2.42. The average Bonchev–Trinajstić information content (AvgIpc) is 2.20. The normalized spacial score (nSPS) is 12.2. The quantitative estimate of drug-likeness (QED) is 0.769. The molecule has 0 bridgehead atoms. The molecule has 3 N–H and O–H groups in total. The van der Waals surface area contributed by atoms with Crippen molar-refractivity contribution >= 4 is 11.6 Å². The number of hydrogen-bond acceptors (Lipinski definition) is 2. The van der Waals surface area contributed by atoms with Crippen molar-refractivity contribution in [2.24, 2.45) is 5.73 Å². The number of anilines is 1. The molecule has 0 saturated carbocycles. The van der Waals surface area contributed by atoms with Crippen LogP contribution in [0, 0.1) is 5.82 Å². The number of carbonyl (C=O) groups is 1. The van der Waals surface area contributed by atoms with E-state index in [1.165, 1.54) is 12.1 Å². The second-order valence-corrected chi connectivity index (χ2v) is 2.98. The highest BCUT2D eigenvalue weighted by Gasteiger charge is 2.12. The summed E-state index contributed by atoms with van der Waals surface area (Å²) in [6.07, 6.45) is 0.528. The summed E-state index contributed by atoms with van der Waals surface area (Å²) in [5.74, 6) is -0.818.